The summed E-state index contributed by atoms with van der Waals surface area (Å²) in [6, 6.07) is 92.6. The second-order valence-corrected chi connectivity index (χ2v) is 17.2. The molecule has 0 aliphatic heterocycles. The lowest BCUT2D eigenvalue weighted by Crippen LogP contribution is -2.09. The third-order valence-corrected chi connectivity index (χ3v) is 13.4. The van der Waals surface area contributed by atoms with Gasteiger partial charge in [0.1, 0.15) is 0 Å². The molecule has 0 unspecified atom stereocenters. The van der Waals surface area contributed by atoms with E-state index in [1.54, 1.807) is 0 Å². The first-order valence-electron chi connectivity index (χ1n) is 22.9. The predicted octanol–water partition coefficient (Wildman–Crippen LogP) is 16.8. The Morgan fingerprint density at radius 2 is 0.500 bits per heavy atom. The molecule has 0 N–H and O–H groups in total. The normalized spacial score (nSPS) is 12.9. The Balaban J connectivity index is 0.930. The zero-order valence-electron chi connectivity index (χ0n) is 36.6. The molecule has 0 heterocycles. The van der Waals surface area contributed by atoms with Gasteiger partial charge < -0.3 is 9.80 Å². The first-order chi connectivity index (χ1) is 32.8. The minimum absolute atomic E-state index is 0.864. The molecule has 0 radical (unpaired) electrons. The van der Waals surface area contributed by atoms with Gasteiger partial charge >= 0.3 is 0 Å². The van der Waals surface area contributed by atoms with Crippen LogP contribution in [-0.4, -0.2) is 0 Å². The number of fused-ring (bicyclic) bond motifs is 5. The van der Waals surface area contributed by atoms with Crippen LogP contribution in [0.5, 0.6) is 0 Å². The van der Waals surface area contributed by atoms with Gasteiger partial charge in [0.2, 0.25) is 0 Å². The maximum atomic E-state index is 2.41. The summed E-state index contributed by atoms with van der Waals surface area (Å²) in [5, 5.41) is 2.69. The Morgan fingerprint density at radius 1 is 0.227 bits per heavy atom. The van der Waals surface area contributed by atoms with Crippen molar-refractivity contribution < 1.29 is 0 Å². The van der Waals surface area contributed by atoms with Crippen molar-refractivity contribution in [3.63, 3.8) is 0 Å². The fraction of sp³-hybridized carbons (Fsp3) is 0.0312. The number of anilines is 6. The molecule has 2 heteroatoms. The Morgan fingerprint density at radius 3 is 0.803 bits per heavy atom. The van der Waals surface area contributed by atoms with E-state index in [9.17, 15) is 0 Å². The van der Waals surface area contributed by atoms with Gasteiger partial charge in [0.25, 0.3) is 0 Å². The van der Waals surface area contributed by atoms with Crippen molar-refractivity contribution >= 4 is 67.2 Å². The van der Waals surface area contributed by atoms with E-state index in [1.807, 2.05) is 0 Å². The van der Waals surface area contributed by atoms with Gasteiger partial charge in [0.15, 0.2) is 0 Å². The maximum absolute atomic E-state index is 2.41. The zero-order valence-corrected chi connectivity index (χ0v) is 36.6. The first-order valence-corrected chi connectivity index (χ1v) is 22.9. The SMILES string of the molecule is c1ccc(C2=C(c3ccc(N(c4ccccc4)c4ccccc4)cc3)Cc3c2ccc2c4c(ccc32)C(c2ccccc2)=C(c2ccc(N(c3ccccc3)c3ccccc3)cc2)C4)cc1. The minimum Gasteiger partial charge on any atom is -0.311 e. The topological polar surface area (TPSA) is 6.48 Å². The monoisotopic (exact) mass is 842 g/mol. The van der Waals surface area contributed by atoms with Crippen LogP contribution in [0.4, 0.5) is 34.1 Å². The van der Waals surface area contributed by atoms with Crippen LogP contribution < -0.4 is 9.80 Å². The molecule has 2 aliphatic carbocycles. The van der Waals surface area contributed by atoms with Crippen molar-refractivity contribution in [3.8, 4) is 0 Å². The average Bonchev–Trinajstić information content (AvgIpc) is 3.99. The summed E-state index contributed by atoms with van der Waals surface area (Å²) in [7, 11) is 0. The van der Waals surface area contributed by atoms with Crippen LogP contribution in [0.1, 0.15) is 44.5 Å². The van der Waals surface area contributed by atoms with E-state index in [-0.39, 0.29) is 0 Å². The van der Waals surface area contributed by atoms with Gasteiger partial charge in [-0.25, -0.2) is 0 Å². The maximum Gasteiger partial charge on any atom is 0.0462 e. The molecule has 2 nitrogen and oxygen atoms in total. The zero-order chi connectivity index (χ0) is 43.8. The third-order valence-electron chi connectivity index (χ3n) is 13.4. The molecule has 0 atom stereocenters. The van der Waals surface area contributed by atoms with Crippen LogP contribution >= 0.6 is 0 Å². The number of nitrogens with zero attached hydrogens (tertiary/aromatic N) is 2. The van der Waals surface area contributed by atoms with E-state index in [2.05, 4.69) is 265 Å². The van der Waals surface area contributed by atoms with Gasteiger partial charge in [-0.1, -0.05) is 182 Å². The predicted molar refractivity (Wildman–Crippen MR) is 278 cm³/mol. The molecule has 0 saturated carbocycles. The summed E-state index contributed by atoms with van der Waals surface area (Å²) < 4.78 is 0. The van der Waals surface area contributed by atoms with E-state index in [0.717, 1.165) is 47.0 Å². The molecule has 312 valence electrons. The van der Waals surface area contributed by atoms with Crippen LogP contribution in [0.25, 0.3) is 33.1 Å². The van der Waals surface area contributed by atoms with Crippen LogP contribution in [0.2, 0.25) is 0 Å². The van der Waals surface area contributed by atoms with Crippen molar-refractivity contribution in [1.29, 1.82) is 0 Å². The second kappa shape index (κ2) is 16.9. The van der Waals surface area contributed by atoms with E-state index in [0.29, 0.717) is 0 Å². The number of benzene rings is 10. The number of para-hydroxylation sites is 4. The highest BCUT2D eigenvalue weighted by atomic mass is 15.1. The number of allylic oxidation sites excluding steroid dienone is 2. The number of rotatable bonds is 10. The lowest BCUT2D eigenvalue weighted by molar-refractivity contribution is 1.27. The summed E-state index contributed by atoms with van der Waals surface area (Å²) in [6.07, 6.45) is 1.73. The van der Waals surface area contributed by atoms with Crippen LogP contribution in [0.15, 0.2) is 255 Å². The number of hydrogen-bond donors (Lipinski definition) is 0. The average molecular weight is 843 g/mol. The Kier molecular flexibility index (Phi) is 10.0. The smallest absolute Gasteiger partial charge is 0.0462 e. The fourth-order valence-electron chi connectivity index (χ4n) is 10.4. The second-order valence-electron chi connectivity index (χ2n) is 17.2. The van der Waals surface area contributed by atoms with Crippen LogP contribution in [0, 0.1) is 0 Å². The highest BCUT2D eigenvalue weighted by molar-refractivity contribution is 6.12. The van der Waals surface area contributed by atoms with E-state index in [4.69, 9.17) is 0 Å². The lowest BCUT2D eigenvalue weighted by Gasteiger charge is -2.25. The van der Waals surface area contributed by atoms with Crippen molar-refractivity contribution in [1.82, 2.24) is 0 Å². The van der Waals surface area contributed by atoms with Crippen molar-refractivity contribution in [3.05, 3.63) is 299 Å². The molecular weight excluding hydrogens is 797 g/mol. The van der Waals surface area contributed by atoms with Crippen molar-refractivity contribution in [2.45, 2.75) is 12.8 Å². The highest BCUT2D eigenvalue weighted by Gasteiger charge is 2.30. The molecule has 0 aromatic heterocycles. The van der Waals surface area contributed by atoms with E-state index in [1.165, 1.54) is 77.6 Å². The van der Waals surface area contributed by atoms with Gasteiger partial charge in [0, 0.05) is 34.1 Å². The fourth-order valence-corrected chi connectivity index (χ4v) is 10.4. The van der Waals surface area contributed by atoms with Crippen molar-refractivity contribution in [2.75, 3.05) is 9.80 Å². The molecule has 10 aromatic carbocycles. The first kappa shape index (κ1) is 39.2. The van der Waals surface area contributed by atoms with Gasteiger partial charge in [0.05, 0.1) is 0 Å². The Hall–Kier alpha value is -8.46. The molecule has 2 aliphatic rings. The quantitative estimate of drug-likeness (QED) is 0.135. The summed E-state index contributed by atoms with van der Waals surface area (Å²) in [6.45, 7) is 0. The van der Waals surface area contributed by atoms with Gasteiger partial charge in [-0.15, -0.1) is 0 Å². The molecule has 0 amide bonds. The molecule has 0 saturated heterocycles. The van der Waals surface area contributed by atoms with Crippen LogP contribution in [-0.2, 0) is 12.8 Å². The number of hydrogen-bond acceptors (Lipinski definition) is 2. The molecule has 66 heavy (non-hydrogen) atoms. The molecule has 0 bridgehead atoms. The van der Waals surface area contributed by atoms with Gasteiger partial charge in [-0.3, -0.25) is 0 Å². The standard InChI is InChI=1S/C64H46N2/c1-7-19-47(20-8-1)63-57-41-39-56-55(61(57)43-59(63)45-31-35-53(36-32-45)65(49-23-11-3-12-24-49)50-25-13-4-14-26-50)40-42-58-62(56)44-60(64(58)48-21-9-2-10-22-48)46-33-37-54(38-34-46)66(51-27-15-5-16-28-51)52-29-17-6-18-30-52/h1-42H,43-44H2. The summed E-state index contributed by atoms with van der Waals surface area (Å²) in [4.78, 5) is 4.66. The summed E-state index contributed by atoms with van der Waals surface area (Å²) >= 11 is 0. The van der Waals surface area contributed by atoms with Crippen LogP contribution in [0.3, 0.4) is 0 Å². The van der Waals surface area contributed by atoms with Crippen molar-refractivity contribution in [2.24, 2.45) is 0 Å². The van der Waals surface area contributed by atoms with E-state index < -0.39 is 0 Å². The summed E-state index contributed by atoms with van der Waals surface area (Å²) in [5.41, 5.74) is 22.7. The minimum atomic E-state index is 0.864. The van der Waals surface area contributed by atoms with E-state index >= 15 is 0 Å². The largest absolute Gasteiger partial charge is 0.311 e. The highest BCUT2D eigenvalue weighted by Crippen LogP contribution is 2.50. The van der Waals surface area contributed by atoms with Gasteiger partial charge in [-0.2, -0.15) is 0 Å². The lowest BCUT2D eigenvalue weighted by atomic mass is 9.90. The summed E-state index contributed by atoms with van der Waals surface area (Å²) in [5.74, 6) is 0. The molecule has 0 fully saturated rings. The molecule has 10 aromatic rings. The third kappa shape index (κ3) is 7.01. The Bertz CT molecular complexity index is 3080. The Labute approximate surface area is 387 Å². The molecular formula is C64H46N2. The molecule has 0 spiro atoms. The molecule has 12 rings (SSSR count). The van der Waals surface area contributed by atoms with Gasteiger partial charge in [-0.05, 0) is 163 Å².